The predicted molar refractivity (Wildman–Crippen MR) is 105 cm³/mol. The van der Waals surface area contributed by atoms with E-state index in [-0.39, 0.29) is 17.5 Å². The van der Waals surface area contributed by atoms with Gasteiger partial charge in [-0.15, -0.1) is 0 Å². The number of carbonyl (C=O) groups excluding carboxylic acids is 1. The van der Waals surface area contributed by atoms with Gasteiger partial charge >= 0.3 is 0 Å². The second-order valence-electron chi connectivity index (χ2n) is 6.98. The SMILES string of the molecule is CNC(=O)c1oc2cc(NS(C)(=O)=O)c(C3CC3)cc2c1-c1ccc(F)cc1. The molecule has 6 nitrogen and oxygen atoms in total. The molecular weight excluding hydrogens is 383 g/mol. The first-order chi connectivity index (χ1) is 13.3. The van der Waals surface area contributed by atoms with Crippen LogP contribution in [-0.4, -0.2) is 27.6 Å². The van der Waals surface area contributed by atoms with Crippen LogP contribution in [0.25, 0.3) is 22.1 Å². The summed E-state index contributed by atoms with van der Waals surface area (Å²) < 4.78 is 45.3. The van der Waals surface area contributed by atoms with Crippen molar-refractivity contribution in [2.24, 2.45) is 0 Å². The van der Waals surface area contributed by atoms with Crippen LogP contribution in [0.5, 0.6) is 0 Å². The Balaban J connectivity index is 1.99. The number of nitrogens with one attached hydrogen (secondary N) is 2. The van der Waals surface area contributed by atoms with E-state index in [2.05, 4.69) is 10.0 Å². The molecule has 8 heteroatoms. The summed E-state index contributed by atoms with van der Waals surface area (Å²) >= 11 is 0. The highest BCUT2D eigenvalue weighted by Gasteiger charge is 2.30. The summed E-state index contributed by atoms with van der Waals surface area (Å²) in [4.78, 5) is 12.4. The molecule has 0 saturated heterocycles. The second kappa shape index (κ2) is 6.63. The van der Waals surface area contributed by atoms with E-state index in [0.717, 1.165) is 24.7 Å². The monoisotopic (exact) mass is 402 g/mol. The number of amides is 1. The molecule has 0 spiro atoms. The van der Waals surface area contributed by atoms with Crippen molar-refractivity contribution in [3.8, 4) is 11.1 Å². The molecule has 1 aliphatic rings. The minimum atomic E-state index is -3.47. The Morgan fingerprint density at radius 2 is 1.86 bits per heavy atom. The van der Waals surface area contributed by atoms with Gasteiger partial charge in [-0.05, 0) is 48.1 Å². The van der Waals surface area contributed by atoms with Crippen LogP contribution in [0.4, 0.5) is 10.1 Å². The Bertz CT molecular complexity index is 1180. The fourth-order valence-electron chi connectivity index (χ4n) is 3.36. The van der Waals surface area contributed by atoms with E-state index in [1.165, 1.54) is 19.2 Å². The van der Waals surface area contributed by atoms with Crippen LogP contribution in [0.3, 0.4) is 0 Å². The van der Waals surface area contributed by atoms with Crippen LogP contribution in [-0.2, 0) is 10.0 Å². The van der Waals surface area contributed by atoms with Crippen molar-refractivity contribution < 1.29 is 22.0 Å². The number of sulfonamides is 1. The zero-order chi connectivity index (χ0) is 20.1. The zero-order valence-electron chi connectivity index (χ0n) is 15.4. The Kier molecular flexibility index (Phi) is 4.38. The first-order valence-electron chi connectivity index (χ1n) is 8.83. The molecule has 4 rings (SSSR count). The topological polar surface area (TPSA) is 88.4 Å². The van der Waals surface area contributed by atoms with Crippen LogP contribution >= 0.6 is 0 Å². The number of carbonyl (C=O) groups is 1. The molecule has 2 aromatic carbocycles. The highest BCUT2D eigenvalue weighted by molar-refractivity contribution is 7.92. The van der Waals surface area contributed by atoms with Crippen molar-refractivity contribution in [2.45, 2.75) is 18.8 Å². The molecule has 146 valence electrons. The third-order valence-corrected chi connectivity index (χ3v) is 5.33. The Morgan fingerprint density at radius 3 is 2.43 bits per heavy atom. The molecule has 1 heterocycles. The van der Waals surface area contributed by atoms with Crippen LogP contribution in [0.1, 0.15) is 34.9 Å². The summed E-state index contributed by atoms with van der Waals surface area (Å²) in [5.41, 5.74) is 2.91. The number of halogens is 1. The van der Waals surface area contributed by atoms with Gasteiger partial charge in [0.2, 0.25) is 15.8 Å². The smallest absolute Gasteiger partial charge is 0.287 e. The number of hydrogen-bond acceptors (Lipinski definition) is 4. The molecule has 2 N–H and O–H groups in total. The first-order valence-corrected chi connectivity index (χ1v) is 10.7. The van der Waals surface area contributed by atoms with Gasteiger partial charge in [0.1, 0.15) is 11.4 Å². The highest BCUT2D eigenvalue weighted by Crippen LogP contribution is 2.47. The van der Waals surface area contributed by atoms with E-state index >= 15 is 0 Å². The van der Waals surface area contributed by atoms with Crippen molar-refractivity contribution >= 4 is 32.6 Å². The van der Waals surface area contributed by atoms with Crippen molar-refractivity contribution in [3.05, 3.63) is 53.5 Å². The minimum Gasteiger partial charge on any atom is -0.450 e. The number of benzene rings is 2. The largest absolute Gasteiger partial charge is 0.450 e. The van der Waals surface area contributed by atoms with Crippen LogP contribution < -0.4 is 10.0 Å². The second-order valence-corrected chi connectivity index (χ2v) is 8.72. The van der Waals surface area contributed by atoms with Gasteiger partial charge in [0.15, 0.2) is 0 Å². The molecule has 1 fully saturated rings. The maximum atomic E-state index is 13.4. The highest BCUT2D eigenvalue weighted by atomic mass is 32.2. The van der Waals surface area contributed by atoms with E-state index in [9.17, 15) is 17.6 Å². The molecule has 28 heavy (non-hydrogen) atoms. The van der Waals surface area contributed by atoms with Gasteiger partial charge in [0, 0.05) is 24.1 Å². The lowest BCUT2D eigenvalue weighted by atomic mass is 9.98. The first kappa shape index (κ1) is 18.5. The molecule has 1 amide bonds. The molecule has 1 aliphatic carbocycles. The van der Waals surface area contributed by atoms with Crippen molar-refractivity contribution in [3.63, 3.8) is 0 Å². The van der Waals surface area contributed by atoms with Gasteiger partial charge in [0.25, 0.3) is 5.91 Å². The van der Waals surface area contributed by atoms with Crippen LogP contribution in [0.15, 0.2) is 40.8 Å². The van der Waals surface area contributed by atoms with Gasteiger partial charge < -0.3 is 9.73 Å². The van der Waals surface area contributed by atoms with Gasteiger partial charge in [0.05, 0.1) is 11.9 Å². The van der Waals surface area contributed by atoms with Crippen LogP contribution in [0.2, 0.25) is 0 Å². The van der Waals surface area contributed by atoms with Crippen molar-refractivity contribution in [1.29, 1.82) is 0 Å². The maximum Gasteiger partial charge on any atom is 0.287 e. The van der Waals surface area contributed by atoms with Gasteiger partial charge in [-0.3, -0.25) is 9.52 Å². The summed E-state index contributed by atoms with van der Waals surface area (Å²) in [6.07, 6.45) is 3.03. The Morgan fingerprint density at radius 1 is 1.18 bits per heavy atom. The molecule has 0 bridgehead atoms. The summed E-state index contributed by atoms with van der Waals surface area (Å²) in [5, 5.41) is 3.23. The number of furan rings is 1. The predicted octanol–water partition coefficient (Wildman–Crippen LogP) is 3.85. The quantitative estimate of drug-likeness (QED) is 0.679. The third-order valence-electron chi connectivity index (χ3n) is 4.74. The van der Waals surface area contributed by atoms with Gasteiger partial charge in [-0.2, -0.15) is 0 Å². The van der Waals surface area contributed by atoms with E-state index in [0.29, 0.717) is 27.8 Å². The molecule has 0 aliphatic heterocycles. The summed E-state index contributed by atoms with van der Waals surface area (Å²) in [7, 11) is -1.97. The number of anilines is 1. The molecule has 0 unspecified atom stereocenters. The minimum absolute atomic E-state index is 0.0994. The molecule has 1 saturated carbocycles. The fraction of sp³-hybridized carbons (Fsp3) is 0.250. The Labute approximate surface area is 161 Å². The summed E-state index contributed by atoms with van der Waals surface area (Å²) in [5.74, 6) is -0.437. The third kappa shape index (κ3) is 3.47. The van der Waals surface area contributed by atoms with Crippen LogP contribution in [0, 0.1) is 5.82 Å². The molecule has 3 aromatic rings. The normalized spacial score (nSPS) is 14.2. The van der Waals surface area contributed by atoms with E-state index in [4.69, 9.17) is 4.42 Å². The molecule has 0 radical (unpaired) electrons. The van der Waals surface area contributed by atoms with Gasteiger partial charge in [-0.25, -0.2) is 12.8 Å². The van der Waals surface area contributed by atoms with Gasteiger partial charge in [-0.1, -0.05) is 12.1 Å². The van der Waals surface area contributed by atoms with Crippen molar-refractivity contribution in [2.75, 3.05) is 18.0 Å². The Hall–Kier alpha value is -2.87. The number of hydrogen-bond donors (Lipinski definition) is 2. The number of rotatable bonds is 5. The zero-order valence-corrected chi connectivity index (χ0v) is 16.2. The van der Waals surface area contributed by atoms with E-state index < -0.39 is 15.9 Å². The number of fused-ring (bicyclic) bond motifs is 1. The lowest BCUT2D eigenvalue weighted by Gasteiger charge is -2.11. The average molecular weight is 402 g/mol. The lowest BCUT2D eigenvalue weighted by Crippen LogP contribution is -2.17. The summed E-state index contributed by atoms with van der Waals surface area (Å²) in [6, 6.07) is 9.31. The van der Waals surface area contributed by atoms with E-state index in [1.807, 2.05) is 6.07 Å². The molecular formula is C20H19FN2O4S. The average Bonchev–Trinajstić information content (AvgIpc) is 3.41. The summed E-state index contributed by atoms with van der Waals surface area (Å²) in [6.45, 7) is 0. The molecule has 1 aromatic heterocycles. The van der Waals surface area contributed by atoms with E-state index in [1.54, 1.807) is 18.2 Å². The lowest BCUT2D eigenvalue weighted by molar-refractivity contribution is 0.0938. The maximum absolute atomic E-state index is 13.4. The molecule has 0 atom stereocenters. The van der Waals surface area contributed by atoms with Crippen molar-refractivity contribution in [1.82, 2.24) is 5.32 Å². The fourth-order valence-corrected chi connectivity index (χ4v) is 3.93. The standard InChI is InChI=1S/C20H19FN2O4S/c1-22-20(24)19-18(12-5-7-13(21)8-6-12)15-9-14(11-3-4-11)16(10-17(15)27-19)23-28(2,25)26/h5-11,23H,3-4H2,1-2H3,(H,22,24).